The zero-order valence-electron chi connectivity index (χ0n) is 10.8. The second-order valence-electron chi connectivity index (χ2n) is 0.456. The molecule has 0 aliphatic heterocycles. The molecule has 38 valence electrons. The van der Waals surface area contributed by atoms with Crippen molar-refractivity contribution < 1.29 is 16.1 Å². The quantitative estimate of drug-likeness (QED) is 0.545. The van der Waals surface area contributed by atoms with Crippen molar-refractivity contribution in [2.24, 2.45) is 0 Å². The van der Waals surface area contributed by atoms with E-state index in [0.29, 0.717) is 0 Å². The van der Waals surface area contributed by atoms with Crippen molar-refractivity contribution in [2.75, 3.05) is 10.9 Å². The molecule has 0 atom stereocenters. The number of hydrogen-bond donors (Lipinski definition) is 1. The first-order valence-corrected chi connectivity index (χ1v) is 2.24. The summed E-state index contributed by atoms with van der Waals surface area (Å²) in [5.41, 5.74) is 0. The van der Waals surface area contributed by atoms with E-state index < -0.39 is 23.7 Å². The molecule has 0 radical (unpaired) electrons. The third-order valence-electron chi connectivity index (χ3n) is 0.166. The summed E-state index contributed by atoms with van der Waals surface area (Å²) in [5, 5.41) is 8.79. The largest absolute Gasteiger partial charge is 0.396 e. The average Bonchev–Trinajstić information content (AvgIpc) is 1.81. The molecular weight excluding hydrogens is 191 g/mol. The molecule has 0 aromatic rings. The summed E-state index contributed by atoms with van der Waals surface area (Å²) in [6.07, 6.45) is -6.50. The van der Waals surface area contributed by atoms with Crippen molar-refractivity contribution in [3.05, 3.63) is 0 Å². The van der Waals surface area contributed by atoms with Crippen LogP contribution in [0, 0.1) is 0 Å². The van der Waals surface area contributed by atoms with Crippen LogP contribution in [0.25, 0.3) is 0 Å². The highest BCUT2D eigenvalue weighted by molar-refractivity contribution is 14.1. The fourth-order valence-electron chi connectivity index (χ4n) is 0.0516. The van der Waals surface area contributed by atoms with Crippen molar-refractivity contribution >= 4 is 22.6 Å². The van der Waals surface area contributed by atoms with Crippen LogP contribution in [-0.4, -0.2) is 16.0 Å². The second-order valence-corrected chi connectivity index (χ2v) is 0.996. The first-order chi connectivity index (χ1) is 5.75. The summed E-state index contributed by atoms with van der Waals surface area (Å²) in [7, 11) is 0. The van der Waals surface area contributed by atoms with E-state index in [0.717, 1.165) is 22.6 Å². The minimum Gasteiger partial charge on any atom is -0.396 e. The Morgan fingerprint density at radius 1 is 1.67 bits per heavy atom. The van der Waals surface area contributed by atoms with Gasteiger partial charge in [0.15, 0.2) is 0 Å². The van der Waals surface area contributed by atoms with Gasteiger partial charge in [-0.25, -0.2) is 0 Å². The van der Waals surface area contributed by atoms with E-state index in [1.165, 1.54) is 0 Å². The van der Waals surface area contributed by atoms with Gasteiger partial charge in [-0.1, -0.05) is 22.6 Å². The minimum absolute atomic E-state index is 1.03. The van der Waals surface area contributed by atoms with Crippen molar-refractivity contribution in [1.82, 2.24) is 0 Å². The molecule has 1 nitrogen and oxygen atoms in total. The van der Waals surface area contributed by atoms with E-state index in [1.54, 1.807) is 0 Å². The van der Waals surface area contributed by atoms with Crippen molar-refractivity contribution in [2.45, 2.75) is 12.7 Å². The standard InChI is InChI=1S/C4H9IO/c5-3-1-2-4-6/h6H,1-4H2/i1D2,2D2,3D2,4D2. The minimum atomic E-state index is -3.45. The molecule has 0 aromatic carbocycles. The van der Waals surface area contributed by atoms with Gasteiger partial charge in [0.25, 0.3) is 0 Å². The van der Waals surface area contributed by atoms with Gasteiger partial charge in [-0.05, 0) is 17.1 Å². The Bertz CT molecular complexity index is 190. The topological polar surface area (TPSA) is 20.2 Å². The van der Waals surface area contributed by atoms with Gasteiger partial charge in [-0.3, -0.25) is 0 Å². The lowest BCUT2D eigenvalue weighted by Gasteiger charge is -1.84. The second kappa shape index (κ2) is 5.69. The van der Waals surface area contributed by atoms with Crippen LogP contribution in [0.15, 0.2) is 0 Å². The SMILES string of the molecule is [2H]C([2H])(O)C([2H])([2H])C([2H])([2H])C([2H])([2H])I. The van der Waals surface area contributed by atoms with Crippen LogP contribution >= 0.6 is 22.6 Å². The first kappa shape index (κ1) is 1.16. The van der Waals surface area contributed by atoms with Crippen LogP contribution in [0.5, 0.6) is 0 Å². The van der Waals surface area contributed by atoms with Gasteiger partial charge in [-0.2, -0.15) is 0 Å². The highest BCUT2D eigenvalue weighted by atomic mass is 127. The number of aliphatic hydroxyl groups is 1. The van der Waals surface area contributed by atoms with Crippen molar-refractivity contribution in [3.8, 4) is 0 Å². The van der Waals surface area contributed by atoms with E-state index in [1.807, 2.05) is 0 Å². The third kappa shape index (κ3) is 4.69. The van der Waals surface area contributed by atoms with Gasteiger partial charge in [-0.15, -0.1) is 0 Å². The number of hydrogen-bond acceptors (Lipinski definition) is 1. The third-order valence-corrected chi connectivity index (χ3v) is 0.435. The van der Waals surface area contributed by atoms with Crippen LogP contribution in [0.3, 0.4) is 0 Å². The van der Waals surface area contributed by atoms with Gasteiger partial charge in [0.1, 0.15) is 0 Å². The van der Waals surface area contributed by atoms with E-state index in [9.17, 15) is 0 Å². The summed E-state index contributed by atoms with van der Waals surface area (Å²) in [5.74, 6) is 0. The number of halogens is 1. The number of rotatable bonds is 3. The normalized spacial score (nSPS) is 38.3. The fourth-order valence-corrected chi connectivity index (χ4v) is 0.186. The maximum atomic E-state index is 8.79. The Morgan fingerprint density at radius 2 is 2.33 bits per heavy atom. The summed E-state index contributed by atoms with van der Waals surface area (Å²) < 4.78 is 53.2. The van der Waals surface area contributed by atoms with Gasteiger partial charge < -0.3 is 5.11 Å². The average molecular weight is 208 g/mol. The molecule has 0 saturated carbocycles. The molecule has 0 bridgehead atoms. The van der Waals surface area contributed by atoms with Gasteiger partial charge in [0.2, 0.25) is 0 Å². The monoisotopic (exact) mass is 208 g/mol. The smallest absolute Gasteiger partial charge is 0.0564 e. The van der Waals surface area contributed by atoms with E-state index in [-0.39, 0.29) is 0 Å². The lowest BCUT2D eigenvalue weighted by molar-refractivity contribution is 0.288. The summed E-state index contributed by atoms with van der Waals surface area (Å²) >= 11 is 1.03. The van der Waals surface area contributed by atoms with Crippen molar-refractivity contribution in [1.29, 1.82) is 0 Å². The predicted octanol–water partition coefficient (Wildman–Crippen LogP) is 1.19. The molecule has 0 saturated heterocycles. The molecule has 0 heterocycles. The van der Waals surface area contributed by atoms with Crippen LogP contribution in [0.4, 0.5) is 0 Å². The van der Waals surface area contributed by atoms with Crippen LogP contribution in [0.2, 0.25) is 0 Å². The van der Waals surface area contributed by atoms with Crippen LogP contribution in [-0.2, 0) is 0 Å². The Morgan fingerprint density at radius 3 is 2.50 bits per heavy atom. The maximum Gasteiger partial charge on any atom is 0.0564 e. The molecule has 6 heavy (non-hydrogen) atoms. The molecule has 0 amide bonds. The molecule has 0 aliphatic carbocycles. The van der Waals surface area contributed by atoms with Gasteiger partial charge in [0.05, 0.1) is 2.74 Å². The first-order valence-electron chi connectivity index (χ1n) is 5.16. The van der Waals surface area contributed by atoms with Crippen LogP contribution in [0.1, 0.15) is 23.7 Å². The maximum absolute atomic E-state index is 8.79. The summed E-state index contributed by atoms with van der Waals surface area (Å²) in [4.78, 5) is 0. The Kier molecular flexibility index (Phi) is 1.10. The highest BCUT2D eigenvalue weighted by Gasteiger charge is 1.77. The zero-order chi connectivity index (χ0) is 12.0. The van der Waals surface area contributed by atoms with Crippen molar-refractivity contribution in [3.63, 3.8) is 0 Å². The Labute approximate surface area is 63.1 Å². The molecule has 0 spiro atoms. The lowest BCUT2D eigenvalue weighted by Crippen LogP contribution is -1.80. The number of alkyl halides is 1. The van der Waals surface area contributed by atoms with E-state index in [4.69, 9.17) is 16.1 Å². The molecule has 2 heteroatoms. The molecule has 0 fully saturated rings. The zero-order valence-corrected chi connectivity index (χ0v) is 4.98. The predicted molar refractivity (Wildman–Crippen MR) is 35.2 cm³/mol. The molecule has 0 unspecified atom stereocenters. The van der Waals surface area contributed by atoms with E-state index in [2.05, 4.69) is 0 Å². The summed E-state index contributed by atoms with van der Waals surface area (Å²) in [6, 6.07) is 0. The van der Waals surface area contributed by atoms with Gasteiger partial charge >= 0.3 is 0 Å². The lowest BCUT2D eigenvalue weighted by atomic mass is 10.4. The van der Waals surface area contributed by atoms with Crippen LogP contribution < -0.4 is 0 Å². The molecular formula is C4H9IO. The highest BCUT2D eigenvalue weighted by Crippen LogP contribution is 1.91. The Hall–Kier alpha value is 0.690. The molecule has 0 aliphatic rings. The summed E-state index contributed by atoms with van der Waals surface area (Å²) in [6.45, 7) is -3.45. The molecule has 0 rings (SSSR count). The van der Waals surface area contributed by atoms with Gasteiger partial charge in [0, 0.05) is 14.8 Å². The molecule has 1 N–H and O–H groups in total. The Balaban J connectivity index is 5.30. The van der Waals surface area contributed by atoms with E-state index >= 15 is 0 Å². The molecule has 0 aromatic heterocycles. The fraction of sp³-hybridized carbons (Fsp3) is 1.00.